The molecular formula is C75H124O16P2. The summed E-state index contributed by atoms with van der Waals surface area (Å²) in [5, 5.41) is 20.6. The molecule has 4 N–H and O–H groups in total. The van der Waals surface area contributed by atoms with Gasteiger partial charge in [0.2, 0.25) is 0 Å². The van der Waals surface area contributed by atoms with Crippen LogP contribution in [0.25, 0.3) is 0 Å². The maximum absolute atomic E-state index is 12.9. The zero-order chi connectivity index (χ0) is 68.1. The Labute approximate surface area is 562 Å². The third-order valence-electron chi connectivity index (χ3n) is 14.0. The molecule has 0 saturated heterocycles. The standard InChI is InChI=1S/C75H124O16P2/c1-4-7-10-13-16-19-22-25-28-30-32-33-34-35-37-39-41-43-46-49-52-55-58-61-73(78)85-64-70(76)65-87-92(81,82)88-66-71(77)67-89-93(83,84)90-69-72(91-75(80)63-60-57-54-51-48-45-40-27-24-21-18-15-12-9-6-3)68-86-74(79)62-59-56-53-50-47-44-42-38-36-31-29-26-23-20-17-14-11-8-5-2/h7-8,10-11,16-21,25-29,32-33,35-38,40-41,43,70-72,76-77H,4-6,9,12-15,22-24,30-31,34,39,42,44-69H2,1-3H3,(H,81,82)(H,83,84)/b10-7-,11-8-,19-16-,20-17-,21-18-,28-25-,29-26-,33-32-,37-35-,38-36-,40-27-,43-41-. The number of rotatable bonds is 65. The van der Waals surface area contributed by atoms with Crippen LogP contribution in [0.5, 0.6) is 0 Å². The third-order valence-corrected chi connectivity index (χ3v) is 15.9. The van der Waals surface area contributed by atoms with Crippen molar-refractivity contribution in [2.45, 2.75) is 270 Å². The first-order valence-corrected chi connectivity index (χ1v) is 38.1. The van der Waals surface area contributed by atoms with Crippen LogP contribution in [-0.2, 0) is 55.8 Å². The maximum Gasteiger partial charge on any atom is 0.472 e. The van der Waals surface area contributed by atoms with Gasteiger partial charge >= 0.3 is 33.6 Å². The van der Waals surface area contributed by atoms with Gasteiger partial charge in [0.25, 0.3) is 0 Å². The summed E-state index contributed by atoms with van der Waals surface area (Å²) in [4.78, 5) is 58.4. The van der Waals surface area contributed by atoms with Crippen LogP contribution in [0.2, 0.25) is 0 Å². The first-order chi connectivity index (χ1) is 45.2. The van der Waals surface area contributed by atoms with Gasteiger partial charge < -0.3 is 34.2 Å². The summed E-state index contributed by atoms with van der Waals surface area (Å²) in [5.41, 5.74) is 0. The van der Waals surface area contributed by atoms with Crippen molar-refractivity contribution in [1.82, 2.24) is 0 Å². The molecule has 16 nitrogen and oxygen atoms in total. The Morgan fingerprint density at radius 2 is 0.570 bits per heavy atom. The average Bonchev–Trinajstić information content (AvgIpc) is 3.74. The van der Waals surface area contributed by atoms with Crippen molar-refractivity contribution in [1.29, 1.82) is 0 Å². The maximum atomic E-state index is 12.9. The van der Waals surface area contributed by atoms with Crippen molar-refractivity contribution < 1.29 is 75.8 Å². The predicted octanol–water partition coefficient (Wildman–Crippen LogP) is 19.8. The van der Waals surface area contributed by atoms with E-state index in [0.717, 1.165) is 173 Å². The van der Waals surface area contributed by atoms with E-state index in [4.69, 9.17) is 32.3 Å². The molecule has 0 radical (unpaired) electrons. The monoisotopic (exact) mass is 1340 g/mol. The van der Waals surface area contributed by atoms with Crippen molar-refractivity contribution in [2.24, 2.45) is 0 Å². The fourth-order valence-electron chi connectivity index (χ4n) is 8.71. The van der Waals surface area contributed by atoms with Gasteiger partial charge in [0, 0.05) is 19.3 Å². The van der Waals surface area contributed by atoms with Gasteiger partial charge in [-0.25, -0.2) is 9.13 Å². The molecule has 0 saturated carbocycles. The summed E-state index contributed by atoms with van der Waals surface area (Å²) in [6.45, 7) is 2.33. The SMILES string of the molecule is CC/C=C\C/C=C\C/C=C\C/C=C\C/C=C\C/C=C\CCCCCCC(=O)OCC(O)COP(=O)(O)OCC(O)COP(=O)(O)OCC(COC(=O)CCCCCCCC/C=C\C/C=C\C/C=C\C/C=C\CC)OC(=O)CCCCCCC/C=C\C/C=C\CCCCC. The van der Waals surface area contributed by atoms with Crippen LogP contribution in [-0.4, -0.2) is 95.9 Å². The Morgan fingerprint density at radius 3 is 0.903 bits per heavy atom. The lowest BCUT2D eigenvalue weighted by Crippen LogP contribution is -2.30. The van der Waals surface area contributed by atoms with Crippen molar-refractivity contribution in [3.8, 4) is 0 Å². The number of hydrogen-bond donors (Lipinski definition) is 4. The molecule has 0 aliphatic rings. The smallest absolute Gasteiger partial charge is 0.463 e. The minimum atomic E-state index is -4.94. The summed E-state index contributed by atoms with van der Waals surface area (Å²) in [6, 6.07) is 0. The molecule has 0 aromatic carbocycles. The van der Waals surface area contributed by atoms with Gasteiger partial charge in [0.1, 0.15) is 25.4 Å². The highest BCUT2D eigenvalue weighted by molar-refractivity contribution is 7.47. The normalized spacial score (nSPS) is 15.0. The van der Waals surface area contributed by atoms with Crippen molar-refractivity contribution in [3.63, 3.8) is 0 Å². The molecule has 530 valence electrons. The number of unbranched alkanes of at least 4 members (excludes halogenated alkanes) is 18. The molecule has 93 heavy (non-hydrogen) atoms. The van der Waals surface area contributed by atoms with E-state index >= 15 is 0 Å². The topological polar surface area (TPSA) is 231 Å². The van der Waals surface area contributed by atoms with Crippen LogP contribution < -0.4 is 0 Å². The van der Waals surface area contributed by atoms with Crippen LogP contribution in [0.3, 0.4) is 0 Å². The first-order valence-electron chi connectivity index (χ1n) is 35.1. The van der Waals surface area contributed by atoms with Crippen LogP contribution in [0.4, 0.5) is 0 Å². The van der Waals surface area contributed by atoms with Gasteiger partial charge in [-0.2, -0.15) is 0 Å². The fraction of sp³-hybridized carbons (Fsp3) is 0.640. The van der Waals surface area contributed by atoms with E-state index < -0.39 is 91.5 Å². The highest BCUT2D eigenvalue weighted by Gasteiger charge is 2.29. The minimum absolute atomic E-state index is 0.0802. The lowest BCUT2D eigenvalue weighted by atomic mass is 10.1. The Bertz CT molecular complexity index is 2280. The van der Waals surface area contributed by atoms with E-state index in [1.165, 1.54) is 19.3 Å². The van der Waals surface area contributed by atoms with Crippen LogP contribution in [0.1, 0.15) is 252 Å². The van der Waals surface area contributed by atoms with Crippen molar-refractivity contribution in [3.05, 3.63) is 146 Å². The lowest BCUT2D eigenvalue weighted by molar-refractivity contribution is -0.161. The van der Waals surface area contributed by atoms with Gasteiger partial charge in [0.15, 0.2) is 6.10 Å². The van der Waals surface area contributed by atoms with Gasteiger partial charge in [-0.3, -0.25) is 32.5 Å². The van der Waals surface area contributed by atoms with E-state index in [1.54, 1.807) is 0 Å². The zero-order valence-corrected chi connectivity index (χ0v) is 59.2. The predicted molar refractivity (Wildman–Crippen MR) is 380 cm³/mol. The zero-order valence-electron chi connectivity index (χ0n) is 57.4. The largest absolute Gasteiger partial charge is 0.472 e. The van der Waals surface area contributed by atoms with Gasteiger partial charge in [-0.1, -0.05) is 237 Å². The summed E-state index contributed by atoms with van der Waals surface area (Å²) in [7, 11) is -9.80. The van der Waals surface area contributed by atoms with E-state index in [9.17, 15) is 43.5 Å². The first kappa shape index (κ1) is 88.4. The second kappa shape index (κ2) is 67.4. The molecule has 0 aromatic rings. The molecule has 0 aliphatic heterocycles. The third kappa shape index (κ3) is 68.6. The van der Waals surface area contributed by atoms with Crippen LogP contribution in [0, 0.1) is 0 Å². The molecule has 0 aromatic heterocycles. The number of phosphoric acid groups is 2. The number of allylic oxidation sites excluding steroid dienone is 24. The van der Waals surface area contributed by atoms with Gasteiger partial charge in [0.05, 0.1) is 26.4 Å². The number of hydrogen-bond acceptors (Lipinski definition) is 14. The summed E-state index contributed by atoms with van der Waals surface area (Å²) < 4.78 is 60.9. The molecular weight excluding hydrogens is 1220 g/mol. The number of phosphoric ester groups is 2. The summed E-state index contributed by atoms with van der Waals surface area (Å²) >= 11 is 0. The summed E-state index contributed by atoms with van der Waals surface area (Å²) in [6.07, 6.45) is 80.3. The van der Waals surface area contributed by atoms with Gasteiger partial charge in [-0.05, 0) is 141 Å². The van der Waals surface area contributed by atoms with Crippen molar-refractivity contribution in [2.75, 3.05) is 39.6 Å². The Kier molecular flexibility index (Phi) is 64.1. The molecule has 0 rings (SSSR count). The molecule has 0 bridgehead atoms. The number of aliphatic hydroxyl groups excluding tert-OH is 2. The molecule has 5 unspecified atom stereocenters. The number of carbonyl (C=O) groups excluding carboxylic acids is 3. The lowest BCUT2D eigenvalue weighted by Gasteiger charge is -2.21. The molecule has 0 amide bonds. The number of ether oxygens (including phenoxy) is 3. The molecule has 0 spiro atoms. The van der Waals surface area contributed by atoms with Crippen molar-refractivity contribution >= 4 is 33.6 Å². The van der Waals surface area contributed by atoms with Crippen LogP contribution in [0.15, 0.2) is 146 Å². The minimum Gasteiger partial charge on any atom is -0.463 e. The number of esters is 3. The highest BCUT2D eigenvalue weighted by atomic mass is 31.2. The highest BCUT2D eigenvalue weighted by Crippen LogP contribution is 2.45. The van der Waals surface area contributed by atoms with E-state index in [-0.39, 0.29) is 19.3 Å². The quantitative estimate of drug-likeness (QED) is 0.0146. The van der Waals surface area contributed by atoms with Gasteiger partial charge in [-0.15, -0.1) is 0 Å². The molecule has 0 aliphatic carbocycles. The average molecular weight is 1340 g/mol. The second-order valence-electron chi connectivity index (χ2n) is 22.9. The molecule has 5 atom stereocenters. The molecule has 0 heterocycles. The molecule has 18 heteroatoms. The number of aliphatic hydroxyl groups is 2. The van der Waals surface area contributed by atoms with Crippen LogP contribution >= 0.6 is 15.6 Å². The Hall–Kier alpha value is -4.57. The van der Waals surface area contributed by atoms with E-state index in [0.29, 0.717) is 19.3 Å². The second-order valence-corrected chi connectivity index (χ2v) is 25.8. The Balaban J connectivity index is 4.70. The fourth-order valence-corrected chi connectivity index (χ4v) is 10.3. The summed E-state index contributed by atoms with van der Waals surface area (Å²) in [5.74, 6) is -1.64. The van der Waals surface area contributed by atoms with E-state index in [2.05, 4.69) is 167 Å². The number of carbonyl (C=O) groups is 3. The molecule has 0 fully saturated rings. The Morgan fingerprint density at radius 1 is 0.312 bits per heavy atom. The van der Waals surface area contributed by atoms with E-state index in [1.807, 2.05) is 0 Å².